The van der Waals surface area contributed by atoms with Gasteiger partial charge in [0.15, 0.2) is 0 Å². The number of hydrogen-bond acceptors (Lipinski definition) is 3. The van der Waals surface area contributed by atoms with Crippen LogP contribution in [-0.4, -0.2) is 22.1 Å². The SMILES string of the molecule is CC1CC2CCCCC2N1c1ncc(Cl)cn1. The van der Waals surface area contributed by atoms with Crippen LogP contribution < -0.4 is 4.90 Å². The van der Waals surface area contributed by atoms with Gasteiger partial charge in [-0.25, -0.2) is 9.97 Å². The summed E-state index contributed by atoms with van der Waals surface area (Å²) in [6.07, 6.45) is 10.1. The van der Waals surface area contributed by atoms with Crippen molar-refractivity contribution in [3.63, 3.8) is 0 Å². The summed E-state index contributed by atoms with van der Waals surface area (Å²) >= 11 is 5.85. The lowest BCUT2D eigenvalue weighted by molar-refractivity contribution is 0.340. The van der Waals surface area contributed by atoms with Crippen LogP contribution in [0, 0.1) is 5.92 Å². The van der Waals surface area contributed by atoms with E-state index in [2.05, 4.69) is 21.8 Å². The number of aromatic nitrogens is 2. The van der Waals surface area contributed by atoms with Gasteiger partial charge in [-0.15, -0.1) is 0 Å². The predicted octanol–water partition coefficient (Wildman–Crippen LogP) is 3.29. The Bertz CT molecular complexity index is 392. The molecule has 3 rings (SSSR count). The molecule has 2 aliphatic rings. The average Bonchev–Trinajstić information content (AvgIpc) is 2.66. The van der Waals surface area contributed by atoms with Crippen LogP contribution in [0.15, 0.2) is 12.4 Å². The van der Waals surface area contributed by atoms with E-state index in [0.29, 0.717) is 17.1 Å². The lowest BCUT2D eigenvalue weighted by atomic mass is 9.85. The zero-order valence-corrected chi connectivity index (χ0v) is 10.9. The summed E-state index contributed by atoms with van der Waals surface area (Å²) in [7, 11) is 0. The van der Waals surface area contributed by atoms with Gasteiger partial charge in [-0.3, -0.25) is 0 Å². The fourth-order valence-electron chi connectivity index (χ4n) is 3.49. The minimum absolute atomic E-state index is 0.560. The smallest absolute Gasteiger partial charge is 0.225 e. The minimum atomic E-state index is 0.560. The normalized spacial score (nSPS) is 32.6. The molecular formula is C13H18ClN3. The van der Waals surface area contributed by atoms with Gasteiger partial charge in [0.2, 0.25) is 5.95 Å². The van der Waals surface area contributed by atoms with Crippen molar-refractivity contribution in [2.24, 2.45) is 5.92 Å². The Morgan fingerprint density at radius 2 is 1.94 bits per heavy atom. The third-order valence-electron chi connectivity index (χ3n) is 4.18. The zero-order chi connectivity index (χ0) is 11.8. The van der Waals surface area contributed by atoms with Crippen LogP contribution in [0.5, 0.6) is 0 Å². The first-order valence-electron chi connectivity index (χ1n) is 6.51. The molecule has 1 aliphatic heterocycles. The van der Waals surface area contributed by atoms with Gasteiger partial charge < -0.3 is 4.90 Å². The Labute approximate surface area is 107 Å². The second-order valence-corrected chi connectivity index (χ2v) is 5.74. The van der Waals surface area contributed by atoms with Crippen molar-refractivity contribution in [3.8, 4) is 0 Å². The molecular weight excluding hydrogens is 234 g/mol. The van der Waals surface area contributed by atoms with Gasteiger partial charge in [0.25, 0.3) is 0 Å². The molecule has 3 nitrogen and oxygen atoms in total. The molecule has 0 spiro atoms. The van der Waals surface area contributed by atoms with Gasteiger partial charge in [0.05, 0.1) is 17.4 Å². The summed E-state index contributed by atoms with van der Waals surface area (Å²) in [4.78, 5) is 11.2. The molecule has 0 N–H and O–H groups in total. The van der Waals surface area contributed by atoms with E-state index in [9.17, 15) is 0 Å². The van der Waals surface area contributed by atoms with Gasteiger partial charge >= 0.3 is 0 Å². The zero-order valence-electron chi connectivity index (χ0n) is 10.1. The molecule has 3 atom stereocenters. The maximum atomic E-state index is 5.85. The number of anilines is 1. The van der Waals surface area contributed by atoms with Gasteiger partial charge in [-0.2, -0.15) is 0 Å². The molecule has 1 saturated carbocycles. The Kier molecular flexibility index (Phi) is 2.95. The quantitative estimate of drug-likeness (QED) is 0.767. The molecule has 1 aliphatic carbocycles. The first-order chi connectivity index (χ1) is 8.25. The maximum absolute atomic E-state index is 5.85. The number of rotatable bonds is 1. The highest BCUT2D eigenvalue weighted by Crippen LogP contribution is 2.40. The van der Waals surface area contributed by atoms with Crippen molar-refractivity contribution in [1.82, 2.24) is 9.97 Å². The summed E-state index contributed by atoms with van der Waals surface area (Å²) in [5.41, 5.74) is 0. The molecule has 1 aromatic rings. The molecule has 0 bridgehead atoms. The molecule has 0 radical (unpaired) electrons. The van der Waals surface area contributed by atoms with Crippen molar-refractivity contribution in [1.29, 1.82) is 0 Å². The van der Waals surface area contributed by atoms with Crippen LogP contribution in [-0.2, 0) is 0 Å². The molecule has 3 unspecified atom stereocenters. The number of fused-ring (bicyclic) bond motifs is 1. The third kappa shape index (κ3) is 2.01. The molecule has 2 heterocycles. The molecule has 92 valence electrons. The van der Waals surface area contributed by atoms with E-state index in [4.69, 9.17) is 11.6 Å². The fraction of sp³-hybridized carbons (Fsp3) is 0.692. The molecule has 4 heteroatoms. The Morgan fingerprint density at radius 3 is 2.71 bits per heavy atom. The van der Waals surface area contributed by atoms with Crippen molar-refractivity contribution in [3.05, 3.63) is 17.4 Å². The van der Waals surface area contributed by atoms with E-state index in [0.717, 1.165) is 11.9 Å². The highest BCUT2D eigenvalue weighted by molar-refractivity contribution is 6.30. The van der Waals surface area contributed by atoms with Crippen molar-refractivity contribution < 1.29 is 0 Å². The molecule has 17 heavy (non-hydrogen) atoms. The number of hydrogen-bond donors (Lipinski definition) is 0. The van der Waals surface area contributed by atoms with Crippen LogP contribution >= 0.6 is 11.6 Å². The van der Waals surface area contributed by atoms with E-state index in [-0.39, 0.29) is 0 Å². The predicted molar refractivity (Wildman–Crippen MR) is 69.3 cm³/mol. The van der Waals surface area contributed by atoms with E-state index < -0.39 is 0 Å². The van der Waals surface area contributed by atoms with Crippen LogP contribution in [0.1, 0.15) is 39.0 Å². The largest absolute Gasteiger partial charge is 0.335 e. The van der Waals surface area contributed by atoms with Gasteiger partial charge in [-0.05, 0) is 32.1 Å². The fourth-order valence-corrected chi connectivity index (χ4v) is 3.59. The van der Waals surface area contributed by atoms with Crippen LogP contribution in [0.2, 0.25) is 5.02 Å². The molecule has 2 fully saturated rings. The summed E-state index contributed by atoms with van der Waals surface area (Å²) in [5, 5.41) is 0.612. The highest BCUT2D eigenvalue weighted by Gasteiger charge is 2.41. The van der Waals surface area contributed by atoms with E-state index >= 15 is 0 Å². The Hall–Kier alpha value is -0.830. The standard InChI is InChI=1S/C13H18ClN3/c1-9-6-10-4-2-3-5-12(10)17(9)13-15-7-11(14)8-16-13/h7-10,12H,2-6H2,1H3. The first kappa shape index (κ1) is 11.3. The molecule has 1 saturated heterocycles. The molecule has 1 aromatic heterocycles. The van der Waals surface area contributed by atoms with Crippen LogP contribution in [0.25, 0.3) is 0 Å². The third-order valence-corrected chi connectivity index (χ3v) is 4.38. The number of halogens is 1. The van der Waals surface area contributed by atoms with E-state index in [1.807, 2.05) is 0 Å². The lowest BCUT2D eigenvalue weighted by Crippen LogP contribution is -2.38. The molecule has 0 amide bonds. The second kappa shape index (κ2) is 4.45. The summed E-state index contributed by atoms with van der Waals surface area (Å²) in [6.45, 7) is 2.29. The topological polar surface area (TPSA) is 29.0 Å². The second-order valence-electron chi connectivity index (χ2n) is 5.31. The maximum Gasteiger partial charge on any atom is 0.225 e. The van der Waals surface area contributed by atoms with E-state index in [1.54, 1.807) is 12.4 Å². The van der Waals surface area contributed by atoms with Gasteiger partial charge in [0, 0.05) is 12.1 Å². The summed E-state index contributed by atoms with van der Waals surface area (Å²) in [5.74, 6) is 1.70. The highest BCUT2D eigenvalue weighted by atomic mass is 35.5. The number of nitrogens with zero attached hydrogens (tertiary/aromatic N) is 3. The molecule has 0 aromatic carbocycles. The lowest BCUT2D eigenvalue weighted by Gasteiger charge is -2.33. The van der Waals surface area contributed by atoms with Crippen LogP contribution in [0.3, 0.4) is 0 Å². The van der Waals surface area contributed by atoms with Crippen LogP contribution in [0.4, 0.5) is 5.95 Å². The summed E-state index contributed by atoms with van der Waals surface area (Å²) in [6, 6.07) is 1.21. The monoisotopic (exact) mass is 251 g/mol. The minimum Gasteiger partial charge on any atom is -0.335 e. The van der Waals surface area contributed by atoms with Crippen molar-refractivity contribution >= 4 is 17.5 Å². The Morgan fingerprint density at radius 1 is 1.24 bits per heavy atom. The van der Waals surface area contributed by atoms with E-state index in [1.165, 1.54) is 32.1 Å². The average molecular weight is 252 g/mol. The first-order valence-corrected chi connectivity index (χ1v) is 6.89. The Balaban J connectivity index is 1.88. The van der Waals surface area contributed by atoms with Gasteiger partial charge in [0.1, 0.15) is 0 Å². The van der Waals surface area contributed by atoms with Crippen molar-refractivity contribution in [2.45, 2.75) is 51.1 Å². The van der Waals surface area contributed by atoms with Gasteiger partial charge in [-0.1, -0.05) is 24.4 Å². The van der Waals surface area contributed by atoms with Crippen molar-refractivity contribution in [2.75, 3.05) is 4.90 Å². The summed E-state index contributed by atoms with van der Waals surface area (Å²) < 4.78 is 0.